The number of rotatable bonds is 7. The minimum atomic E-state index is 0.363. The van der Waals surface area contributed by atoms with Crippen molar-refractivity contribution in [2.75, 3.05) is 13.2 Å². The van der Waals surface area contributed by atoms with Crippen LogP contribution < -0.4 is 4.74 Å². The number of pyridine rings is 1. The monoisotopic (exact) mass is 304 g/mol. The van der Waals surface area contributed by atoms with Gasteiger partial charge in [0, 0.05) is 36.8 Å². The Bertz CT molecular complexity index is 389. The molecule has 0 aromatic carbocycles. The first-order chi connectivity index (χ1) is 8.95. The van der Waals surface area contributed by atoms with Gasteiger partial charge in [-0.2, -0.15) is 0 Å². The van der Waals surface area contributed by atoms with Crippen LogP contribution in [0.25, 0.3) is 0 Å². The van der Waals surface area contributed by atoms with Gasteiger partial charge in [-0.3, -0.25) is 4.90 Å². The van der Waals surface area contributed by atoms with Gasteiger partial charge in [-0.05, 0) is 33.3 Å². The number of alkyl halides is 1. The lowest BCUT2D eigenvalue weighted by molar-refractivity contribution is 0.140. The van der Waals surface area contributed by atoms with Crippen molar-refractivity contribution in [3.63, 3.8) is 0 Å². The number of hydrogen-bond acceptors (Lipinski definition) is 3. The van der Waals surface area contributed by atoms with E-state index < -0.39 is 0 Å². The Morgan fingerprint density at radius 1 is 1.26 bits per heavy atom. The van der Waals surface area contributed by atoms with Gasteiger partial charge in [0.1, 0.15) is 6.61 Å². The average molecular weight is 305 g/mol. The van der Waals surface area contributed by atoms with Gasteiger partial charge in [-0.15, -0.1) is 11.6 Å². The van der Waals surface area contributed by atoms with Gasteiger partial charge < -0.3 is 4.74 Å². The van der Waals surface area contributed by atoms with E-state index in [4.69, 9.17) is 27.9 Å². The van der Waals surface area contributed by atoms with Crippen molar-refractivity contribution < 1.29 is 4.74 Å². The Kier molecular flexibility index (Phi) is 6.90. The molecule has 0 N–H and O–H groups in total. The largest absolute Gasteiger partial charge is 0.476 e. The van der Waals surface area contributed by atoms with E-state index in [0.29, 0.717) is 35.5 Å². The molecule has 0 amide bonds. The van der Waals surface area contributed by atoms with Gasteiger partial charge in [0.25, 0.3) is 0 Å². The predicted octanol–water partition coefficient (Wildman–Crippen LogP) is 3.97. The summed E-state index contributed by atoms with van der Waals surface area (Å²) < 4.78 is 5.66. The van der Waals surface area contributed by atoms with E-state index in [1.165, 1.54) is 0 Å². The normalized spacial score (nSPS) is 11.6. The van der Waals surface area contributed by atoms with E-state index in [-0.39, 0.29) is 0 Å². The van der Waals surface area contributed by atoms with E-state index in [1.807, 2.05) is 0 Å². The summed E-state index contributed by atoms with van der Waals surface area (Å²) in [7, 11) is 0. The third-order valence-corrected chi connectivity index (χ3v) is 3.61. The quantitative estimate of drug-likeness (QED) is 0.713. The molecule has 0 aliphatic rings. The van der Waals surface area contributed by atoms with Gasteiger partial charge in [0.05, 0.1) is 5.02 Å². The number of ether oxygens (including phenoxy) is 1. The first-order valence-electron chi connectivity index (χ1n) is 6.54. The summed E-state index contributed by atoms with van der Waals surface area (Å²) in [5.41, 5.74) is 0.845. The van der Waals surface area contributed by atoms with Crippen LogP contribution in [0.1, 0.15) is 33.3 Å². The second-order valence-corrected chi connectivity index (χ2v) is 5.70. The van der Waals surface area contributed by atoms with Crippen molar-refractivity contribution in [3.8, 4) is 5.88 Å². The van der Waals surface area contributed by atoms with Crippen LogP contribution in [0, 0.1) is 0 Å². The van der Waals surface area contributed by atoms with Gasteiger partial charge in [0.15, 0.2) is 0 Å². The van der Waals surface area contributed by atoms with Crippen LogP contribution >= 0.6 is 23.2 Å². The van der Waals surface area contributed by atoms with Crippen LogP contribution in [-0.2, 0) is 5.88 Å². The van der Waals surface area contributed by atoms with E-state index >= 15 is 0 Å². The van der Waals surface area contributed by atoms with Crippen molar-refractivity contribution in [3.05, 3.63) is 22.8 Å². The minimum Gasteiger partial charge on any atom is -0.476 e. The molecule has 0 fully saturated rings. The second-order valence-electron chi connectivity index (χ2n) is 5.02. The molecule has 1 heterocycles. The van der Waals surface area contributed by atoms with E-state index in [2.05, 4.69) is 37.6 Å². The van der Waals surface area contributed by atoms with Crippen molar-refractivity contribution in [1.82, 2.24) is 9.88 Å². The molecule has 0 saturated carbocycles. The van der Waals surface area contributed by atoms with Crippen molar-refractivity contribution in [1.29, 1.82) is 0 Å². The summed E-state index contributed by atoms with van der Waals surface area (Å²) in [5, 5.41) is 0.577. The fourth-order valence-corrected chi connectivity index (χ4v) is 2.47. The third-order valence-electron chi connectivity index (χ3n) is 2.98. The number of nitrogens with zero attached hydrogens (tertiary/aromatic N) is 2. The fraction of sp³-hybridized carbons (Fsp3) is 0.643. The molecular formula is C14H22Cl2N2O. The Morgan fingerprint density at radius 2 is 1.89 bits per heavy atom. The summed E-state index contributed by atoms with van der Waals surface area (Å²) in [6.07, 6.45) is 1.58. The van der Waals surface area contributed by atoms with Crippen molar-refractivity contribution in [2.24, 2.45) is 0 Å². The Hall–Kier alpha value is -0.510. The maximum Gasteiger partial charge on any atom is 0.213 e. The Balaban J connectivity index is 2.53. The maximum absolute atomic E-state index is 5.95. The van der Waals surface area contributed by atoms with Crippen LogP contribution in [0.3, 0.4) is 0 Å². The smallest absolute Gasteiger partial charge is 0.213 e. The standard InChI is InChI=1S/C14H22Cl2N2O/c1-10(2)18(11(3)4)5-6-19-14-7-12(8-15)13(16)9-17-14/h7,9-11H,5-6,8H2,1-4H3. The van der Waals surface area contributed by atoms with Crippen LogP contribution in [0.4, 0.5) is 0 Å². The van der Waals surface area contributed by atoms with Gasteiger partial charge in [0.2, 0.25) is 5.88 Å². The first kappa shape index (κ1) is 16.5. The summed E-state index contributed by atoms with van der Waals surface area (Å²) >= 11 is 11.7. The molecule has 0 spiro atoms. The molecule has 3 nitrogen and oxygen atoms in total. The Labute approximate surface area is 125 Å². The molecule has 0 saturated heterocycles. The summed E-state index contributed by atoms with van der Waals surface area (Å²) in [5.74, 6) is 0.939. The van der Waals surface area contributed by atoms with Crippen molar-refractivity contribution >= 4 is 23.2 Å². The van der Waals surface area contributed by atoms with Gasteiger partial charge >= 0.3 is 0 Å². The molecular weight excluding hydrogens is 283 g/mol. The zero-order valence-corrected chi connectivity index (χ0v) is 13.5. The molecule has 0 atom stereocenters. The van der Waals surface area contributed by atoms with Crippen LogP contribution in [-0.4, -0.2) is 35.1 Å². The molecule has 108 valence electrons. The lowest BCUT2D eigenvalue weighted by atomic mass is 10.2. The van der Waals surface area contributed by atoms with Gasteiger partial charge in [-0.1, -0.05) is 11.6 Å². The topological polar surface area (TPSA) is 25.4 Å². The lowest BCUT2D eigenvalue weighted by Gasteiger charge is -2.30. The first-order valence-corrected chi connectivity index (χ1v) is 7.45. The predicted molar refractivity (Wildman–Crippen MR) is 81.3 cm³/mol. The number of halogens is 2. The third kappa shape index (κ3) is 5.17. The SMILES string of the molecule is CC(C)N(CCOc1cc(CCl)c(Cl)cn1)C(C)C. The number of aromatic nitrogens is 1. The zero-order valence-electron chi connectivity index (χ0n) is 12.0. The highest BCUT2D eigenvalue weighted by Gasteiger charge is 2.13. The summed E-state index contributed by atoms with van der Waals surface area (Å²) in [6.45, 7) is 10.2. The Morgan fingerprint density at radius 3 is 2.42 bits per heavy atom. The van der Waals surface area contributed by atoms with E-state index in [0.717, 1.165) is 12.1 Å². The molecule has 0 bridgehead atoms. The van der Waals surface area contributed by atoms with Crippen LogP contribution in [0.15, 0.2) is 12.3 Å². The van der Waals surface area contributed by atoms with E-state index in [1.54, 1.807) is 12.3 Å². The zero-order chi connectivity index (χ0) is 14.4. The lowest BCUT2D eigenvalue weighted by Crippen LogP contribution is -2.39. The minimum absolute atomic E-state index is 0.363. The maximum atomic E-state index is 5.95. The number of hydrogen-bond donors (Lipinski definition) is 0. The molecule has 1 rings (SSSR count). The highest BCUT2D eigenvalue weighted by Crippen LogP contribution is 2.20. The molecule has 1 aromatic rings. The van der Waals surface area contributed by atoms with Crippen LogP contribution in [0.2, 0.25) is 5.02 Å². The molecule has 19 heavy (non-hydrogen) atoms. The highest BCUT2D eigenvalue weighted by molar-refractivity contribution is 6.32. The second kappa shape index (κ2) is 7.93. The van der Waals surface area contributed by atoms with Crippen molar-refractivity contribution in [2.45, 2.75) is 45.7 Å². The molecule has 0 radical (unpaired) electrons. The van der Waals surface area contributed by atoms with E-state index in [9.17, 15) is 0 Å². The molecule has 5 heteroatoms. The molecule has 0 aliphatic carbocycles. The molecule has 0 aliphatic heterocycles. The molecule has 0 unspecified atom stereocenters. The average Bonchev–Trinajstić information content (AvgIpc) is 2.35. The molecule has 1 aromatic heterocycles. The van der Waals surface area contributed by atoms with Gasteiger partial charge in [-0.25, -0.2) is 4.98 Å². The highest BCUT2D eigenvalue weighted by atomic mass is 35.5. The van der Waals surface area contributed by atoms with Crippen LogP contribution in [0.5, 0.6) is 5.88 Å². The fourth-order valence-electron chi connectivity index (χ4n) is 2.01. The summed E-state index contributed by atoms with van der Waals surface area (Å²) in [4.78, 5) is 6.52. The summed E-state index contributed by atoms with van der Waals surface area (Å²) in [6, 6.07) is 2.80.